The highest BCUT2D eigenvalue weighted by Crippen LogP contribution is 2.09. The van der Waals surface area contributed by atoms with Gasteiger partial charge in [0.05, 0.1) is 11.9 Å². The van der Waals surface area contributed by atoms with Gasteiger partial charge in [-0.1, -0.05) is 30.3 Å². The zero-order valence-electron chi connectivity index (χ0n) is 11.3. The van der Waals surface area contributed by atoms with Crippen molar-refractivity contribution in [2.45, 2.75) is 13.8 Å². The van der Waals surface area contributed by atoms with Crippen LogP contribution in [0.2, 0.25) is 0 Å². The first-order valence-electron chi connectivity index (χ1n) is 6.27. The molecule has 1 aromatic carbocycles. The largest absolute Gasteiger partial charge is 0.273 e. The second-order valence-corrected chi connectivity index (χ2v) is 4.47. The lowest BCUT2D eigenvalue weighted by Crippen LogP contribution is -2.06. The zero-order chi connectivity index (χ0) is 13.9. The maximum absolute atomic E-state index is 4.39. The summed E-state index contributed by atoms with van der Waals surface area (Å²) in [5.74, 6) is 0.572. The molecular weight excluding hydrogens is 252 g/mol. The summed E-state index contributed by atoms with van der Waals surface area (Å²) in [5, 5.41) is 16.7. The number of aromatic nitrogens is 5. The quantitative estimate of drug-likeness (QED) is 0.681. The van der Waals surface area contributed by atoms with Crippen LogP contribution in [0.5, 0.6) is 0 Å². The summed E-state index contributed by atoms with van der Waals surface area (Å²) in [6, 6.07) is 11.9. The predicted octanol–water partition coefficient (Wildman–Crippen LogP) is 1.96. The van der Waals surface area contributed by atoms with Crippen molar-refractivity contribution in [2.24, 2.45) is 5.10 Å². The van der Waals surface area contributed by atoms with Gasteiger partial charge in [0.2, 0.25) is 0 Å². The maximum atomic E-state index is 4.39. The molecule has 0 amide bonds. The highest BCUT2D eigenvalue weighted by Gasteiger charge is 2.10. The minimum atomic E-state index is 0.572. The zero-order valence-corrected chi connectivity index (χ0v) is 11.3. The standard InChI is InChI=1S/C14H14N6/c1-11-8-12(2)20(18-11)14-17-15-10-19(14)16-9-13-6-4-3-5-7-13/h3-10H,1-2H3. The van der Waals surface area contributed by atoms with Crippen molar-refractivity contribution in [3.05, 3.63) is 59.7 Å². The Hall–Kier alpha value is -2.76. The summed E-state index contributed by atoms with van der Waals surface area (Å²) in [5.41, 5.74) is 2.94. The molecule has 6 heteroatoms. The topological polar surface area (TPSA) is 60.9 Å². The van der Waals surface area contributed by atoms with Crippen LogP contribution in [0.3, 0.4) is 0 Å². The van der Waals surface area contributed by atoms with Crippen LogP contribution in [-0.4, -0.2) is 30.9 Å². The molecule has 0 spiro atoms. The third kappa shape index (κ3) is 2.35. The molecule has 2 heterocycles. The van der Waals surface area contributed by atoms with Gasteiger partial charge >= 0.3 is 0 Å². The van der Waals surface area contributed by atoms with E-state index in [1.807, 2.05) is 50.2 Å². The first-order valence-corrected chi connectivity index (χ1v) is 6.27. The molecule has 20 heavy (non-hydrogen) atoms. The second kappa shape index (κ2) is 5.08. The Bertz CT molecular complexity index is 738. The molecule has 2 aromatic heterocycles. The molecular formula is C14H14N6. The number of hydrogen-bond donors (Lipinski definition) is 0. The van der Waals surface area contributed by atoms with E-state index in [1.165, 1.54) is 0 Å². The van der Waals surface area contributed by atoms with Gasteiger partial charge in [0.1, 0.15) is 6.33 Å². The molecule has 100 valence electrons. The molecule has 0 saturated carbocycles. The molecule has 0 saturated heterocycles. The number of rotatable bonds is 3. The molecule has 6 nitrogen and oxygen atoms in total. The Kier molecular flexibility index (Phi) is 3.12. The van der Waals surface area contributed by atoms with E-state index in [2.05, 4.69) is 20.4 Å². The van der Waals surface area contributed by atoms with Gasteiger partial charge < -0.3 is 0 Å². The molecule has 0 fully saturated rings. The Morgan fingerprint density at radius 1 is 1.15 bits per heavy atom. The summed E-state index contributed by atoms with van der Waals surface area (Å²) >= 11 is 0. The van der Waals surface area contributed by atoms with E-state index in [4.69, 9.17) is 0 Å². The SMILES string of the molecule is Cc1cc(C)n(-c2nncn2N=Cc2ccccc2)n1. The lowest BCUT2D eigenvalue weighted by atomic mass is 10.2. The smallest absolute Gasteiger partial charge is 0.202 e. The summed E-state index contributed by atoms with van der Waals surface area (Å²) in [6.45, 7) is 3.91. The van der Waals surface area contributed by atoms with Gasteiger partial charge in [0.15, 0.2) is 0 Å². The van der Waals surface area contributed by atoms with Gasteiger partial charge in [-0.3, -0.25) is 0 Å². The van der Waals surface area contributed by atoms with Crippen LogP contribution in [0.4, 0.5) is 0 Å². The normalized spacial score (nSPS) is 11.3. The van der Waals surface area contributed by atoms with Crippen LogP contribution in [-0.2, 0) is 0 Å². The Morgan fingerprint density at radius 2 is 1.95 bits per heavy atom. The van der Waals surface area contributed by atoms with Gasteiger partial charge in [-0.2, -0.15) is 14.9 Å². The molecule has 3 rings (SSSR count). The number of benzene rings is 1. The van der Waals surface area contributed by atoms with Gasteiger partial charge in [0, 0.05) is 5.69 Å². The van der Waals surface area contributed by atoms with E-state index < -0.39 is 0 Å². The van der Waals surface area contributed by atoms with Crippen molar-refractivity contribution >= 4 is 6.21 Å². The van der Waals surface area contributed by atoms with Crippen LogP contribution in [0.1, 0.15) is 17.0 Å². The fourth-order valence-corrected chi connectivity index (χ4v) is 1.94. The van der Waals surface area contributed by atoms with Crippen molar-refractivity contribution in [3.63, 3.8) is 0 Å². The van der Waals surface area contributed by atoms with E-state index in [9.17, 15) is 0 Å². The van der Waals surface area contributed by atoms with E-state index in [0.29, 0.717) is 5.95 Å². The van der Waals surface area contributed by atoms with E-state index in [-0.39, 0.29) is 0 Å². The summed E-state index contributed by atoms with van der Waals surface area (Å²) in [4.78, 5) is 0. The van der Waals surface area contributed by atoms with E-state index >= 15 is 0 Å². The third-order valence-corrected chi connectivity index (χ3v) is 2.84. The predicted molar refractivity (Wildman–Crippen MR) is 76.1 cm³/mol. The van der Waals surface area contributed by atoms with Gasteiger partial charge in [0.25, 0.3) is 5.95 Å². The Balaban J connectivity index is 1.95. The van der Waals surface area contributed by atoms with Gasteiger partial charge in [-0.25, -0.2) is 4.68 Å². The first kappa shape index (κ1) is 12.3. The fourth-order valence-electron chi connectivity index (χ4n) is 1.94. The lowest BCUT2D eigenvalue weighted by molar-refractivity contribution is 0.717. The van der Waals surface area contributed by atoms with E-state index in [0.717, 1.165) is 17.0 Å². The van der Waals surface area contributed by atoms with Gasteiger partial charge in [-0.05, 0) is 25.5 Å². The Labute approximate surface area is 116 Å². The van der Waals surface area contributed by atoms with Crippen molar-refractivity contribution < 1.29 is 0 Å². The highest BCUT2D eigenvalue weighted by molar-refractivity contribution is 5.79. The van der Waals surface area contributed by atoms with Crippen LogP contribution in [0.25, 0.3) is 5.95 Å². The minimum absolute atomic E-state index is 0.572. The monoisotopic (exact) mass is 266 g/mol. The Morgan fingerprint density at radius 3 is 2.65 bits per heavy atom. The maximum Gasteiger partial charge on any atom is 0.273 e. The molecule has 3 aromatic rings. The molecule has 0 unspecified atom stereocenters. The molecule has 0 aliphatic carbocycles. The second-order valence-electron chi connectivity index (χ2n) is 4.47. The fraction of sp³-hybridized carbons (Fsp3) is 0.143. The molecule has 0 bridgehead atoms. The average molecular weight is 266 g/mol. The lowest BCUT2D eigenvalue weighted by Gasteiger charge is -2.02. The van der Waals surface area contributed by atoms with Crippen LogP contribution < -0.4 is 0 Å². The van der Waals surface area contributed by atoms with Crippen molar-refractivity contribution in [1.29, 1.82) is 0 Å². The summed E-state index contributed by atoms with van der Waals surface area (Å²) in [6.07, 6.45) is 3.32. The van der Waals surface area contributed by atoms with Crippen LogP contribution in [0.15, 0.2) is 47.8 Å². The van der Waals surface area contributed by atoms with Crippen LogP contribution >= 0.6 is 0 Å². The van der Waals surface area contributed by atoms with Crippen molar-refractivity contribution in [1.82, 2.24) is 24.7 Å². The molecule has 0 N–H and O–H groups in total. The first-order chi connectivity index (χ1) is 9.74. The van der Waals surface area contributed by atoms with Crippen molar-refractivity contribution in [2.75, 3.05) is 0 Å². The molecule has 0 radical (unpaired) electrons. The van der Waals surface area contributed by atoms with E-state index in [1.54, 1.807) is 21.9 Å². The number of aryl methyl sites for hydroxylation is 2. The summed E-state index contributed by atoms with van der Waals surface area (Å²) in [7, 11) is 0. The van der Waals surface area contributed by atoms with Gasteiger partial charge in [-0.15, -0.1) is 10.2 Å². The molecule has 0 aliphatic rings. The third-order valence-electron chi connectivity index (χ3n) is 2.84. The molecule has 0 aliphatic heterocycles. The van der Waals surface area contributed by atoms with Crippen LogP contribution in [0, 0.1) is 13.8 Å². The highest BCUT2D eigenvalue weighted by atomic mass is 15.5. The number of nitrogens with zero attached hydrogens (tertiary/aromatic N) is 6. The summed E-state index contributed by atoms with van der Waals surface area (Å²) < 4.78 is 3.33. The number of hydrogen-bond acceptors (Lipinski definition) is 4. The molecule has 0 atom stereocenters. The minimum Gasteiger partial charge on any atom is -0.202 e. The van der Waals surface area contributed by atoms with Crippen molar-refractivity contribution in [3.8, 4) is 5.95 Å². The average Bonchev–Trinajstić information content (AvgIpc) is 3.03.